The Balaban J connectivity index is 1.57. The van der Waals surface area contributed by atoms with Gasteiger partial charge in [0.05, 0.1) is 17.2 Å². The topological polar surface area (TPSA) is 98.2 Å². The minimum Gasteiger partial charge on any atom is -0.383 e. The van der Waals surface area contributed by atoms with Gasteiger partial charge in [0.1, 0.15) is 28.5 Å². The van der Waals surface area contributed by atoms with Crippen molar-refractivity contribution in [2.24, 2.45) is 5.10 Å². The maximum Gasteiger partial charge on any atom is 0.257 e. The Kier molecular flexibility index (Phi) is 5.43. The van der Waals surface area contributed by atoms with E-state index in [4.69, 9.17) is 5.73 Å². The van der Waals surface area contributed by atoms with Crippen LogP contribution in [0, 0.1) is 11.6 Å². The Labute approximate surface area is 192 Å². The van der Waals surface area contributed by atoms with Gasteiger partial charge in [-0.15, -0.1) is 0 Å². The van der Waals surface area contributed by atoms with Crippen molar-refractivity contribution in [3.8, 4) is 0 Å². The molecule has 5 rings (SSSR count). The van der Waals surface area contributed by atoms with Crippen LogP contribution in [0.15, 0.2) is 77.9 Å². The fraction of sp³-hybridized carbons (Fsp3) is 0.0400. The molecule has 3 aromatic carbocycles. The third-order valence-electron chi connectivity index (χ3n) is 5.26. The molecule has 0 aliphatic heterocycles. The number of anilines is 1. The van der Waals surface area contributed by atoms with E-state index < -0.39 is 5.91 Å². The summed E-state index contributed by atoms with van der Waals surface area (Å²) in [6.45, 7) is 0.172. The SMILES string of the molecule is Nc1c(C(=O)NCc2ccc(F)cc2)c2nc3ccccc3nc2n1/N=C/c1ccc(F)cc1. The van der Waals surface area contributed by atoms with Crippen LogP contribution >= 0.6 is 0 Å². The van der Waals surface area contributed by atoms with Crippen molar-refractivity contribution in [3.05, 3.63) is 101 Å². The molecule has 0 aliphatic carbocycles. The number of nitrogens with two attached hydrogens (primary N) is 1. The third-order valence-corrected chi connectivity index (χ3v) is 5.26. The Bertz CT molecular complexity index is 1540. The Hall–Kier alpha value is -4.66. The Morgan fingerprint density at radius 2 is 1.56 bits per heavy atom. The summed E-state index contributed by atoms with van der Waals surface area (Å²) in [7, 11) is 0. The second-order valence-corrected chi connectivity index (χ2v) is 7.56. The molecular weight excluding hydrogens is 438 g/mol. The van der Waals surface area contributed by atoms with Crippen LogP contribution in [0.1, 0.15) is 21.5 Å². The van der Waals surface area contributed by atoms with Crippen LogP contribution in [0.25, 0.3) is 22.2 Å². The van der Waals surface area contributed by atoms with E-state index in [0.717, 1.165) is 5.56 Å². The second kappa shape index (κ2) is 8.70. The highest BCUT2D eigenvalue weighted by atomic mass is 19.1. The number of hydrogen-bond donors (Lipinski definition) is 2. The summed E-state index contributed by atoms with van der Waals surface area (Å²) in [5.41, 5.74) is 9.67. The van der Waals surface area contributed by atoms with Gasteiger partial charge in [-0.05, 0) is 47.5 Å². The van der Waals surface area contributed by atoms with Crippen LogP contribution in [-0.4, -0.2) is 26.8 Å². The number of amides is 1. The third kappa shape index (κ3) is 4.06. The first-order chi connectivity index (χ1) is 16.5. The lowest BCUT2D eigenvalue weighted by Crippen LogP contribution is -2.23. The van der Waals surface area contributed by atoms with Crippen LogP contribution in [0.3, 0.4) is 0 Å². The second-order valence-electron chi connectivity index (χ2n) is 7.56. The maximum atomic E-state index is 13.2. The van der Waals surface area contributed by atoms with Gasteiger partial charge in [-0.2, -0.15) is 9.78 Å². The average Bonchev–Trinajstić information content (AvgIpc) is 3.11. The van der Waals surface area contributed by atoms with Crippen molar-refractivity contribution < 1.29 is 13.6 Å². The molecule has 0 unspecified atom stereocenters. The average molecular weight is 456 g/mol. The summed E-state index contributed by atoms with van der Waals surface area (Å²) < 4.78 is 27.7. The summed E-state index contributed by atoms with van der Waals surface area (Å²) in [4.78, 5) is 22.4. The molecule has 9 heteroatoms. The van der Waals surface area contributed by atoms with E-state index in [9.17, 15) is 13.6 Å². The molecule has 2 heterocycles. The molecule has 168 valence electrons. The molecule has 2 aromatic heterocycles. The van der Waals surface area contributed by atoms with Gasteiger partial charge in [0.2, 0.25) is 0 Å². The molecular formula is C25H18F2N6O. The van der Waals surface area contributed by atoms with Crippen molar-refractivity contribution in [1.29, 1.82) is 0 Å². The van der Waals surface area contributed by atoms with Crippen molar-refractivity contribution in [2.75, 3.05) is 5.73 Å². The summed E-state index contributed by atoms with van der Waals surface area (Å²) >= 11 is 0. The number of aromatic nitrogens is 3. The number of nitrogen functional groups attached to an aromatic ring is 1. The van der Waals surface area contributed by atoms with E-state index in [-0.39, 0.29) is 29.6 Å². The normalized spacial score (nSPS) is 11.5. The number of nitrogens with one attached hydrogen (secondary N) is 1. The number of carbonyl (C=O) groups excluding carboxylic acids is 1. The number of rotatable bonds is 5. The van der Waals surface area contributed by atoms with E-state index in [0.29, 0.717) is 27.8 Å². The molecule has 34 heavy (non-hydrogen) atoms. The van der Waals surface area contributed by atoms with E-state index in [2.05, 4.69) is 20.4 Å². The van der Waals surface area contributed by atoms with E-state index >= 15 is 0 Å². The van der Waals surface area contributed by atoms with Crippen molar-refractivity contribution in [2.45, 2.75) is 6.54 Å². The van der Waals surface area contributed by atoms with Gasteiger partial charge < -0.3 is 11.1 Å². The maximum absolute atomic E-state index is 13.2. The summed E-state index contributed by atoms with van der Waals surface area (Å²) in [5, 5.41) is 7.18. The monoisotopic (exact) mass is 456 g/mol. The first-order valence-corrected chi connectivity index (χ1v) is 10.4. The number of hydrogen-bond acceptors (Lipinski definition) is 5. The van der Waals surface area contributed by atoms with Gasteiger partial charge in [-0.25, -0.2) is 18.7 Å². The predicted molar refractivity (Wildman–Crippen MR) is 126 cm³/mol. The molecule has 7 nitrogen and oxygen atoms in total. The van der Waals surface area contributed by atoms with Crippen LogP contribution in [0.5, 0.6) is 0 Å². The van der Waals surface area contributed by atoms with Crippen LogP contribution in [0.4, 0.5) is 14.6 Å². The van der Waals surface area contributed by atoms with Gasteiger partial charge >= 0.3 is 0 Å². The van der Waals surface area contributed by atoms with Gasteiger partial charge in [0, 0.05) is 6.54 Å². The molecule has 1 amide bonds. The smallest absolute Gasteiger partial charge is 0.257 e. The Morgan fingerprint density at radius 3 is 2.24 bits per heavy atom. The van der Waals surface area contributed by atoms with E-state index in [1.807, 2.05) is 12.1 Å². The highest BCUT2D eigenvalue weighted by molar-refractivity contribution is 6.10. The van der Waals surface area contributed by atoms with Crippen LogP contribution < -0.4 is 11.1 Å². The molecule has 5 aromatic rings. The number of carbonyl (C=O) groups is 1. The zero-order chi connectivity index (χ0) is 23.7. The largest absolute Gasteiger partial charge is 0.383 e. The molecule has 0 spiro atoms. The van der Waals surface area contributed by atoms with Crippen LogP contribution in [-0.2, 0) is 6.54 Å². The van der Waals surface area contributed by atoms with Crippen molar-refractivity contribution >= 4 is 40.1 Å². The number of nitrogens with zero attached hydrogens (tertiary/aromatic N) is 4. The highest BCUT2D eigenvalue weighted by Gasteiger charge is 2.24. The number of para-hydroxylation sites is 2. The van der Waals surface area contributed by atoms with Gasteiger partial charge in [-0.3, -0.25) is 4.79 Å². The lowest BCUT2D eigenvalue weighted by molar-refractivity contribution is 0.0953. The molecule has 0 saturated heterocycles. The fourth-order valence-electron chi connectivity index (χ4n) is 3.53. The van der Waals surface area contributed by atoms with Crippen molar-refractivity contribution in [1.82, 2.24) is 20.0 Å². The summed E-state index contributed by atoms with van der Waals surface area (Å²) in [5.74, 6) is -1.13. The van der Waals surface area contributed by atoms with E-state index in [1.54, 1.807) is 36.4 Å². The zero-order valence-corrected chi connectivity index (χ0v) is 17.7. The van der Waals surface area contributed by atoms with Crippen molar-refractivity contribution in [3.63, 3.8) is 0 Å². The lowest BCUT2D eigenvalue weighted by Gasteiger charge is -2.06. The first kappa shape index (κ1) is 21.2. The molecule has 0 saturated carbocycles. The number of fused-ring (bicyclic) bond motifs is 2. The summed E-state index contributed by atoms with van der Waals surface area (Å²) in [6, 6.07) is 18.8. The molecule has 0 radical (unpaired) electrons. The van der Waals surface area contributed by atoms with E-state index in [1.165, 1.54) is 35.2 Å². The standard InChI is InChI=1S/C25H18F2N6O/c26-17-9-5-15(6-10-17)13-29-25(34)21-22-24(32-20-4-2-1-3-19(20)31-22)33(23(21)28)30-14-16-7-11-18(27)12-8-16/h1-12,14H,13,28H2,(H,29,34)/b30-14+. The van der Waals surface area contributed by atoms with Gasteiger partial charge in [0.25, 0.3) is 5.91 Å². The first-order valence-electron chi connectivity index (χ1n) is 10.4. The molecule has 0 aliphatic rings. The quantitative estimate of drug-likeness (QED) is 0.386. The molecule has 0 bridgehead atoms. The number of benzene rings is 3. The minimum atomic E-state index is -0.466. The minimum absolute atomic E-state index is 0.0558. The molecule has 0 fully saturated rings. The zero-order valence-electron chi connectivity index (χ0n) is 17.7. The lowest BCUT2D eigenvalue weighted by atomic mass is 10.2. The predicted octanol–water partition coefficient (Wildman–Crippen LogP) is 4.26. The number of halogens is 2. The molecule has 0 atom stereocenters. The van der Waals surface area contributed by atoms with Gasteiger partial charge in [0.15, 0.2) is 5.65 Å². The fourth-order valence-corrected chi connectivity index (χ4v) is 3.53. The summed E-state index contributed by atoms with van der Waals surface area (Å²) in [6.07, 6.45) is 1.49. The Morgan fingerprint density at radius 1 is 0.941 bits per heavy atom. The van der Waals surface area contributed by atoms with Gasteiger partial charge in [-0.1, -0.05) is 36.4 Å². The highest BCUT2D eigenvalue weighted by Crippen LogP contribution is 2.28. The molecule has 3 N–H and O–H groups in total. The van der Waals surface area contributed by atoms with Crippen LogP contribution in [0.2, 0.25) is 0 Å².